The van der Waals surface area contributed by atoms with Gasteiger partial charge in [0.25, 0.3) is 5.91 Å². The molecule has 612 valence electrons. The Morgan fingerprint density at radius 2 is 1.21 bits per heavy atom. The monoisotopic (exact) mass is 1560 g/mol. The van der Waals surface area contributed by atoms with Crippen LogP contribution in [0.3, 0.4) is 0 Å². The molecular formula is C74H118N18O17S. The number of ketones is 2. The highest BCUT2D eigenvalue weighted by Gasteiger charge is 2.43. The molecule has 5 aliphatic rings. The summed E-state index contributed by atoms with van der Waals surface area (Å²) in [7, 11) is 20.2. The Balaban J connectivity index is 0.000000325. The molecule has 110 heavy (non-hydrogen) atoms. The highest BCUT2D eigenvalue weighted by molar-refractivity contribution is 7.79. The molecule has 36 heteroatoms. The van der Waals surface area contributed by atoms with Crippen molar-refractivity contribution >= 4 is 69.6 Å². The molecule has 1 aromatic carbocycles. The second-order valence-corrected chi connectivity index (χ2v) is 31.0. The zero-order valence-corrected chi connectivity index (χ0v) is 69.6. The largest absolute Gasteiger partial charge is 0.479 e. The number of amides is 3. The van der Waals surface area contributed by atoms with E-state index >= 15 is 0 Å². The van der Waals surface area contributed by atoms with Crippen molar-refractivity contribution in [3.63, 3.8) is 0 Å². The van der Waals surface area contributed by atoms with E-state index in [0.29, 0.717) is 94.6 Å². The second-order valence-electron chi connectivity index (χ2n) is 30.1. The molecule has 0 atom stereocenters. The normalized spacial score (nSPS) is 15.7. The van der Waals surface area contributed by atoms with Crippen LogP contribution in [0.4, 0.5) is 33.1 Å². The third-order valence-corrected chi connectivity index (χ3v) is 16.5. The molecular weight excluding hydrogens is 1440 g/mol. The molecule has 2 fully saturated rings. The van der Waals surface area contributed by atoms with Gasteiger partial charge in [0, 0.05) is 190 Å². The summed E-state index contributed by atoms with van der Waals surface area (Å²) in [5, 5.41) is 12.8. The number of piperidine rings is 2. The Bertz CT molecular complexity index is 4030. The molecule has 10 rings (SSSR count). The number of hydrogen-bond donors (Lipinski definition) is 6. The lowest BCUT2D eigenvalue weighted by Gasteiger charge is -2.30. The molecule has 35 nitrogen and oxygen atoms in total. The van der Waals surface area contributed by atoms with E-state index in [4.69, 9.17) is 66.2 Å². The molecule has 2 saturated heterocycles. The Morgan fingerprint density at radius 3 is 1.67 bits per heavy atom. The Labute approximate surface area is 648 Å². The topological polar surface area (TPSA) is 415 Å². The number of nitrogens with zero attached hydrogens (tertiary/aromatic N) is 14. The summed E-state index contributed by atoms with van der Waals surface area (Å²) < 4.78 is 75.3. The Hall–Kier alpha value is -9.43. The number of aryl methyl sites for hydroxylation is 1. The summed E-state index contributed by atoms with van der Waals surface area (Å²) in [4.78, 5) is 101. The van der Waals surface area contributed by atoms with Gasteiger partial charge in [0.2, 0.25) is 36.0 Å². The van der Waals surface area contributed by atoms with Gasteiger partial charge in [0.05, 0.1) is 43.4 Å². The predicted octanol–water partition coefficient (Wildman–Crippen LogP) is 7.49. The minimum absolute atomic E-state index is 0.0926. The number of carbonyl (C=O) groups excluding carboxylic acids is 5. The number of hydrogen-bond acceptors (Lipinski definition) is 28. The summed E-state index contributed by atoms with van der Waals surface area (Å²) in [6, 6.07) is 7.88. The highest BCUT2D eigenvalue weighted by atomic mass is 32.3. The van der Waals surface area contributed by atoms with Gasteiger partial charge in [-0.05, 0) is 125 Å². The van der Waals surface area contributed by atoms with Crippen molar-refractivity contribution in [1.29, 1.82) is 5.41 Å². The van der Waals surface area contributed by atoms with Gasteiger partial charge in [-0.25, -0.2) is 29.5 Å². The van der Waals surface area contributed by atoms with Crippen molar-refractivity contribution in [2.24, 2.45) is 5.73 Å². The molecule has 4 aromatic heterocycles. The van der Waals surface area contributed by atoms with Crippen molar-refractivity contribution in [3.05, 3.63) is 105 Å². The van der Waals surface area contributed by atoms with Crippen LogP contribution in [-0.4, -0.2) is 263 Å². The second kappa shape index (κ2) is 41.0. The predicted molar refractivity (Wildman–Crippen MR) is 418 cm³/mol. The number of ether oxygens (including phenoxy) is 7. The fraction of sp³-hybridized carbons (Fsp3) is 0.595. The number of carbonyl (C=O) groups is 5. The molecule has 0 bridgehead atoms. The average molecular weight is 1560 g/mol. The first-order valence-corrected chi connectivity index (χ1v) is 37.0. The van der Waals surface area contributed by atoms with Gasteiger partial charge in [0.15, 0.2) is 23.2 Å². The van der Waals surface area contributed by atoms with E-state index in [0.717, 1.165) is 47.8 Å². The molecule has 0 spiro atoms. The lowest BCUT2D eigenvalue weighted by Crippen LogP contribution is -2.43. The van der Waals surface area contributed by atoms with Gasteiger partial charge in [0.1, 0.15) is 22.7 Å². The number of anilines is 4. The minimum Gasteiger partial charge on any atom is -0.479 e. The zero-order valence-electron chi connectivity index (χ0n) is 68.8. The maximum Gasteiger partial charge on any atom is 0.410 e. The van der Waals surface area contributed by atoms with Crippen LogP contribution >= 0.6 is 0 Å². The van der Waals surface area contributed by atoms with Gasteiger partial charge >= 0.3 is 22.6 Å². The van der Waals surface area contributed by atoms with E-state index in [-0.39, 0.29) is 64.9 Å². The number of likely N-dealkylation sites (tertiary alicyclic amines) is 2. The van der Waals surface area contributed by atoms with Crippen LogP contribution in [0.15, 0.2) is 52.8 Å². The van der Waals surface area contributed by atoms with Crippen molar-refractivity contribution in [2.45, 2.75) is 157 Å². The van der Waals surface area contributed by atoms with Crippen molar-refractivity contribution in [3.8, 4) is 11.8 Å². The fourth-order valence-corrected chi connectivity index (χ4v) is 11.2. The molecule has 7 N–H and O–H groups in total. The number of nitrogens with two attached hydrogens (primary N) is 1. The molecule has 0 aliphatic carbocycles. The van der Waals surface area contributed by atoms with E-state index < -0.39 is 33.1 Å². The van der Waals surface area contributed by atoms with Gasteiger partial charge in [-0.15, -0.1) is 0 Å². The van der Waals surface area contributed by atoms with Crippen molar-refractivity contribution in [1.82, 2.24) is 59.7 Å². The summed E-state index contributed by atoms with van der Waals surface area (Å²) in [6.07, 6.45) is 8.17. The maximum absolute atomic E-state index is 13.4. The number of guanidine groups is 1. The SMILES string of the molecule is CC(C)(C)OC(=O)N1CCC(=O)CC1.CN(C)C(=N)N.CN(C)C=C1CN(C(=O)OC(C)(C)C)CCC1=O.CN(C)c1ncc2c(n1)CCNC2.COC(OC)N(C)C.COc1nc(N2CCc3nc(N(C)C)ncc3C2)nc(OC)c1NC(=O)c1ccc(Cc2cc3c(cc2C)C(C)(C)OC3(C)C)o1.O=S(=O)(O)O. The quantitative estimate of drug-likeness (QED) is 0.0218. The van der Waals surface area contributed by atoms with E-state index in [9.17, 15) is 24.0 Å². The number of benzene rings is 1. The first kappa shape index (κ1) is 93.0. The Kier molecular flexibility index (Phi) is 34.7. The number of aromatic nitrogens is 6. The number of nitrogens with one attached hydrogen (secondary N) is 3. The van der Waals surface area contributed by atoms with Gasteiger partial charge in [-0.2, -0.15) is 18.4 Å². The van der Waals surface area contributed by atoms with Crippen LogP contribution in [-0.2, 0) is 87.2 Å². The molecule has 0 saturated carbocycles. The summed E-state index contributed by atoms with van der Waals surface area (Å²) in [5.41, 5.74) is 13.2. The van der Waals surface area contributed by atoms with E-state index in [1.807, 2.05) is 141 Å². The number of furan rings is 1. The molecule has 0 unspecified atom stereocenters. The third-order valence-electron chi connectivity index (χ3n) is 16.5. The summed E-state index contributed by atoms with van der Waals surface area (Å²) in [6.45, 7) is 26.3. The first-order chi connectivity index (χ1) is 51.0. The highest BCUT2D eigenvalue weighted by Crippen LogP contribution is 2.48. The van der Waals surface area contributed by atoms with Crippen LogP contribution < -0.4 is 40.5 Å². The van der Waals surface area contributed by atoms with Crippen LogP contribution in [0.5, 0.6) is 11.8 Å². The lowest BCUT2D eigenvalue weighted by atomic mass is 9.86. The van der Waals surface area contributed by atoms with E-state index in [1.54, 1.807) is 50.4 Å². The summed E-state index contributed by atoms with van der Waals surface area (Å²) in [5.74, 6) is 3.01. The standard InChI is InChI=1S/C34H41N7O5.C13H22N2O3.C10H17NO3.C9H14N4.C5H13NO2.C3H9N3.H2O4S/c1-19-14-23-24(34(4,5)46-33(23,2)3)16-20(19)15-22-10-11-26(45-22)28(42)37-27-29(43-8)38-32(39-30(27)44-9)41-13-12-25-21(18-41)17-35-31(36-25)40(6)7;1-13(2,3)18-12(17)15-7-6-11(16)10(9-15)8-14(4)5;1-10(2,3)14-9(13)11-6-4-8(12)5-7-11;1-13(2)9-11-6-7-5-10-4-3-8(7)12-9;1-6(2)5(7-3)8-4;1-6(2)3(4)5;1-5(2,3)4/h10-11,14,16-17H,12-13,15,18H2,1-9H3,(H,37,42);8H,6-7,9H2,1-5H3;4-7H2,1-3H3;6,10H,3-5H2,1-2H3;5H,1-4H3;1-2H3,(H3,4,5);(H2,1,2,3,4). The maximum atomic E-state index is 13.4. The number of methoxy groups -OCH3 is 4. The van der Waals surface area contributed by atoms with E-state index in [1.165, 1.54) is 41.5 Å². The van der Waals surface area contributed by atoms with Crippen LogP contribution in [0, 0.1) is 12.3 Å². The average Bonchev–Trinajstić information content (AvgIpc) is 1.58. The molecule has 5 aromatic rings. The van der Waals surface area contributed by atoms with Crippen LogP contribution in [0.1, 0.15) is 150 Å². The van der Waals surface area contributed by atoms with Crippen molar-refractivity contribution < 1.29 is 79.1 Å². The zero-order chi connectivity index (χ0) is 83.1. The lowest BCUT2D eigenvalue weighted by molar-refractivity contribution is -0.179. The Morgan fingerprint density at radius 1 is 0.718 bits per heavy atom. The van der Waals surface area contributed by atoms with Crippen LogP contribution in [0.25, 0.3) is 0 Å². The molecule has 9 heterocycles. The van der Waals surface area contributed by atoms with Gasteiger partial charge in [-0.1, -0.05) is 12.1 Å². The van der Waals surface area contributed by atoms with Gasteiger partial charge < -0.3 is 88.2 Å². The van der Waals surface area contributed by atoms with Crippen LogP contribution in [0.2, 0.25) is 0 Å². The number of rotatable bonds is 13. The summed E-state index contributed by atoms with van der Waals surface area (Å²) >= 11 is 0. The van der Waals surface area contributed by atoms with Gasteiger partial charge in [-0.3, -0.25) is 33.8 Å². The minimum atomic E-state index is -4.67. The molecule has 5 aliphatic heterocycles. The third kappa shape index (κ3) is 30.1. The fourth-order valence-electron chi connectivity index (χ4n) is 11.2. The number of fused-ring (bicyclic) bond motifs is 3. The first-order valence-electron chi connectivity index (χ1n) is 35.6. The smallest absolute Gasteiger partial charge is 0.410 e. The van der Waals surface area contributed by atoms with Crippen molar-refractivity contribution in [2.75, 3.05) is 158 Å². The molecule has 0 radical (unpaired) electrons. The number of Topliss-reactive ketones (excluding diaryl/α,β-unsaturated/α-hetero) is 2. The van der Waals surface area contributed by atoms with E-state index in [2.05, 4.69) is 87.3 Å². The molecule has 3 amide bonds.